The number of rotatable bonds is 3. The number of hydrogen-bond acceptors (Lipinski definition) is 6. The maximum absolute atomic E-state index is 11.8. The molecule has 3 N–H and O–H groups in total. The van der Waals surface area contributed by atoms with Crippen LogP contribution in [0.5, 0.6) is 0 Å². The monoisotopic (exact) mass is 406 g/mol. The van der Waals surface area contributed by atoms with Gasteiger partial charge in [-0.25, -0.2) is 14.8 Å². The number of carbonyl (C=O) groups excluding carboxylic acids is 1. The van der Waals surface area contributed by atoms with Crippen LogP contribution >= 0.6 is 11.3 Å². The fraction of sp³-hybridized carbons (Fsp3) is 0.227. The smallest absolute Gasteiger partial charge is 0.407 e. The summed E-state index contributed by atoms with van der Waals surface area (Å²) in [5.74, 6) is 6.44. The molecule has 0 aliphatic carbocycles. The minimum atomic E-state index is -0.514. The van der Waals surface area contributed by atoms with Gasteiger partial charge in [-0.2, -0.15) is 0 Å². The Morgan fingerprint density at radius 1 is 1.31 bits per heavy atom. The molecule has 0 spiro atoms. The number of nitrogens with zero attached hydrogens (tertiary/aromatic N) is 2. The van der Waals surface area contributed by atoms with Gasteiger partial charge in [-0.3, -0.25) is 0 Å². The normalized spacial score (nSPS) is 11.3. The first kappa shape index (κ1) is 20.4. The molecule has 148 valence electrons. The number of aromatic nitrogens is 2. The molecule has 1 amide bonds. The molecule has 0 radical (unpaired) electrons. The molecule has 2 aromatic heterocycles. The molecule has 3 rings (SSSR count). The minimum Gasteiger partial charge on any atom is -0.444 e. The number of carbonyl (C=O) groups is 1. The Morgan fingerprint density at radius 3 is 2.86 bits per heavy atom. The predicted molar refractivity (Wildman–Crippen MR) is 117 cm³/mol. The second-order valence-electron chi connectivity index (χ2n) is 7.28. The molecule has 1 aromatic carbocycles. The molecule has 2 heterocycles. The number of amides is 1. The molecule has 7 heteroatoms. The van der Waals surface area contributed by atoms with Crippen LogP contribution in [0.1, 0.15) is 36.9 Å². The van der Waals surface area contributed by atoms with E-state index in [0.29, 0.717) is 12.4 Å². The van der Waals surface area contributed by atoms with Crippen LogP contribution in [0.2, 0.25) is 0 Å². The highest BCUT2D eigenvalue weighted by Gasteiger charge is 2.15. The van der Waals surface area contributed by atoms with Crippen molar-refractivity contribution in [1.82, 2.24) is 15.3 Å². The van der Waals surface area contributed by atoms with Gasteiger partial charge in [-0.05, 0) is 62.8 Å². The molecule has 0 saturated carbocycles. The van der Waals surface area contributed by atoms with E-state index in [1.165, 1.54) is 0 Å². The zero-order chi connectivity index (χ0) is 20.9. The van der Waals surface area contributed by atoms with Crippen LogP contribution in [0.3, 0.4) is 0 Å². The van der Waals surface area contributed by atoms with Gasteiger partial charge in [0.2, 0.25) is 0 Å². The lowest BCUT2D eigenvalue weighted by molar-refractivity contribution is 0.0523. The molecular weight excluding hydrogens is 384 g/mol. The van der Waals surface area contributed by atoms with Crippen LogP contribution in [0, 0.1) is 11.8 Å². The van der Waals surface area contributed by atoms with Crippen LogP contribution in [0.4, 0.5) is 10.6 Å². The maximum atomic E-state index is 11.8. The van der Waals surface area contributed by atoms with Crippen molar-refractivity contribution in [3.8, 4) is 11.8 Å². The highest BCUT2D eigenvalue weighted by Crippen LogP contribution is 2.24. The molecule has 0 unspecified atom stereocenters. The number of nitrogens with one attached hydrogen (secondary N) is 1. The zero-order valence-corrected chi connectivity index (χ0v) is 17.3. The van der Waals surface area contributed by atoms with Crippen molar-refractivity contribution in [2.45, 2.75) is 32.9 Å². The van der Waals surface area contributed by atoms with Crippen LogP contribution in [-0.2, 0) is 11.3 Å². The van der Waals surface area contributed by atoms with Gasteiger partial charge in [-0.15, -0.1) is 11.3 Å². The van der Waals surface area contributed by atoms with Crippen molar-refractivity contribution in [2.75, 3.05) is 5.73 Å². The molecule has 0 saturated heterocycles. The SMILES string of the molecule is CC(C)(C)OC(=O)NCc1ccc2nc(C=CC#Cc3ccc(N)nc3)sc2c1. The van der Waals surface area contributed by atoms with Gasteiger partial charge in [0.25, 0.3) is 0 Å². The van der Waals surface area contributed by atoms with E-state index >= 15 is 0 Å². The van der Waals surface area contributed by atoms with Crippen molar-refractivity contribution in [1.29, 1.82) is 0 Å². The quantitative estimate of drug-likeness (QED) is 0.631. The molecular formula is C22H22N4O2S. The summed E-state index contributed by atoms with van der Waals surface area (Å²) in [6.45, 7) is 5.90. The average molecular weight is 407 g/mol. The van der Waals surface area contributed by atoms with Gasteiger partial charge >= 0.3 is 6.09 Å². The summed E-state index contributed by atoms with van der Waals surface area (Å²) < 4.78 is 6.30. The Labute approximate surface area is 173 Å². The van der Waals surface area contributed by atoms with E-state index in [1.54, 1.807) is 29.7 Å². The van der Waals surface area contributed by atoms with Crippen molar-refractivity contribution in [3.05, 3.63) is 58.7 Å². The fourth-order valence-corrected chi connectivity index (χ4v) is 3.31. The number of nitrogen functional groups attached to an aromatic ring is 1. The molecule has 0 fully saturated rings. The Hall–Kier alpha value is -3.37. The van der Waals surface area contributed by atoms with Crippen LogP contribution in [0.25, 0.3) is 16.3 Å². The molecule has 3 aromatic rings. The van der Waals surface area contributed by atoms with E-state index in [9.17, 15) is 4.79 Å². The molecule has 0 atom stereocenters. The summed E-state index contributed by atoms with van der Waals surface area (Å²) in [5.41, 5.74) is 7.74. The summed E-state index contributed by atoms with van der Waals surface area (Å²) in [6, 6.07) is 9.46. The van der Waals surface area contributed by atoms with E-state index in [4.69, 9.17) is 10.5 Å². The number of pyridine rings is 1. The van der Waals surface area contributed by atoms with Gasteiger partial charge in [-0.1, -0.05) is 17.9 Å². The third kappa shape index (κ3) is 6.33. The van der Waals surface area contributed by atoms with E-state index in [2.05, 4.69) is 27.1 Å². The number of benzene rings is 1. The predicted octanol–water partition coefficient (Wildman–Crippen LogP) is 4.36. The lowest BCUT2D eigenvalue weighted by atomic mass is 10.2. The van der Waals surface area contributed by atoms with Gasteiger partial charge in [0.15, 0.2) is 0 Å². The second-order valence-corrected chi connectivity index (χ2v) is 8.35. The number of anilines is 1. The van der Waals surface area contributed by atoms with Crippen molar-refractivity contribution in [3.63, 3.8) is 0 Å². The third-order valence-corrected chi connectivity index (χ3v) is 4.60. The molecule has 0 aliphatic rings. The number of hydrogen-bond donors (Lipinski definition) is 2. The topological polar surface area (TPSA) is 90.1 Å². The number of alkyl carbamates (subject to hydrolysis) is 1. The van der Waals surface area contributed by atoms with Crippen molar-refractivity contribution in [2.24, 2.45) is 0 Å². The van der Waals surface area contributed by atoms with Crippen LogP contribution < -0.4 is 11.1 Å². The lowest BCUT2D eigenvalue weighted by Gasteiger charge is -2.19. The first-order valence-electron chi connectivity index (χ1n) is 9.04. The maximum Gasteiger partial charge on any atom is 0.407 e. The Bertz CT molecular complexity index is 1100. The number of allylic oxidation sites excluding steroid dienone is 1. The van der Waals surface area contributed by atoms with Gasteiger partial charge in [0.05, 0.1) is 10.2 Å². The molecule has 0 bridgehead atoms. The lowest BCUT2D eigenvalue weighted by Crippen LogP contribution is -2.32. The minimum absolute atomic E-state index is 0.398. The van der Waals surface area contributed by atoms with Gasteiger partial charge < -0.3 is 15.8 Å². The van der Waals surface area contributed by atoms with Crippen molar-refractivity contribution >= 4 is 39.5 Å². The number of fused-ring (bicyclic) bond motifs is 1. The van der Waals surface area contributed by atoms with Crippen LogP contribution in [0.15, 0.2) is 42.6 Å². The molecule has 6 nitrogen and oxygen atoms in total. The summed E-state index contributed by atoms with van der Waals surface area (Å²) in [5, 5.41) is 3.63. The molecule has 0 aliphatic heterocycles. The Kier molecular flexibility index (Phi) is 6.15. The first-order valence-corrected chi connectivity index (χ1v) is 9.86. The summed E-state index contributed by atoms with van der Waals surface area (Å²) in [7, 11) is 0. The van der Waals surface area contributed by atoms with Crippen molar-refractivity contribution < 1.29 is 9.53 Å². The highest BCUT2D eigenvalue weighted by atomic mass is 32.1. The van der Waals surface area contributed by atoms with E-state index < -0.39 is 11.7 Å². The standard InChI is InChI=1S/C22H22N4O2S/c1-22(2,3)28-21(27)25-14-16-8-10-17-18(12-16)29-20(26-17)7-5-4-6-15-9-11-19(23)24-13-15/h5,7-13H,14H2,1-3H3,(H2,23,24)(H,25,27). The fourth-order valence-electron chi connectivity index (χ4n) is 2.37. The third-order valence-electron chi connectivity index (χ3n) is 3.62. The number of ether oxygens (including phenoxy) is 1. The Balaban J connectivity index is 1.63. The van der Waals surface area contributed by atoms with E-state index in [0.717, 1.165) is 26.4 Å². The highest BCUT2D eigenvalue weighted by molar-refractivity contribution is 7.19. The zero-order valence-electron chi connectivity index (χ0n) is 16.5. The average Bonchev–Trinajstić information content (AvgIpc) is 3.05. The summed E-state index contributed by atoms with van der Waals surface area (Å²) >= 11 is 1.57. The van der Waals surface area contributed by atoms with E-state index in [-0.39, 0.29) is 0 Å². The molecule has 29 heavy (non-hydrogen) atoms. The van der Waals surface area contributed by atoms with Crippen LogP contribution in [-0.4, -0.2) is 21.7 Å². The number of nitrogens with two attached hydrogens (primary N) is 1. The summed E-state index contributed by atoms with van der Waals surface area (Å²) in [4.78, 5) is 20.4. The second kappa shape index (κ2) is 8.76. The van der Waals surface area contributed by atoms with Gasteiger partial charge in [0, 0.05) is 18.3 Å². The first-order chi connectivity index (χ1) is 13.8. The van der Waals surface area contributed by atoms with Gasteiger partial charge in [0.1, 0.15) is 16.4 Å². The largest absolute Gasteiger partial charge is 0.444 e. The number of thiazole rings is 1. The summed E-state index contributed by atoms with van der Waals surface area (Å²) in [6.07, 6.45) is 4.85. The Morgan fingerprint density at radius 2 is 2.14 bits per heavy atom. The van der Waals surface area contributed by atoms with E-state index in [1.807, 2.05) is 51.1 Å².